The number of aromatic amines is 2. The molecule has 6 rings (SSSR count). The van der Waals surface area contributed by atoms with Gasteiger partial charge in [0, 0.05) is 58.8 Å². The largest absolute Gasteiger partial charge is 0.353 e. The van der Waals surface area contributed by atoms with Gasteiger partial charge in [0.05, 0.1) is 17.1 Å². The quantitative estimate of drug-likeness (QED) is 0.247. The van der Waals surface area contributed by atoms with Gasteiger partial charge in [-0.05, 0) is 79.2 Å². The fourth-order valence-corrected chi connectivity index (χ4v) is 5.76. The highest BCUT2D eigenvalue weighted by Crippen LogP contribution is 2.35. The number of benzene rings is 2. The average molecular weight is 569 g/mol. The van der Waals surface area contributed by atoms with Crippen molar-refractivity contribution >= 4 is 31.8 Å². The molecule has 6 aromatic rings. The van der Waals surface area contributed by atoms with E-state index in [0.29, 0.717) is 16.8 Å². The Morgan fingerprint density at radius 3 is 2.51 bits per heavy atom. The molecular weight excluding hydrogens is 539 g/mol. The Labute approximate surface area is 237 Å². The number of H-pyrrole nitrogens is 2. The second kappa shape index (κ2) is 10.5. The minimum atomic E-state index is -3.16. The fraction of sp³-hybridized carbons (Fsp3) is 0.194. The summed E-state index contributed by atoms with van der Waals surface area (Å²) < 4.78 is 38.0. The second-order valence-electron chi connectivity index (χ2n) is 10.7. The number of rotatable bonds is 8. The van der Waals surface area contributed by atoms with Crippen molar-refractivity contribution in [2.75, 3.05) is 26.1 Å². The maximum absolute atomic E-state index is 14.6. The first kappa shape index (κ1) is 26.8. The average Bonchev–Trinajstić information content (AvgIpc) is 3.54. The Morgan fingerprint density at radius 2 is 1.71 bits per heavy atom. The molecule has 0 aliphatic heterocycles. The molecule has 2 aromatic carbocycles. The van der Waals surface area contributed by atoms with E-state index in [4.69, 9.17) is 0 Å². The maximum Gasteiger partial charge on any atom is 0.181 e. The maximum atomic E-state index is 14.6. The molecule has 0 bridgehead atoms. The predicted octanol–water partition coefficient (Wildman–Crippen LogP) is 5.62. The molecule has 41 heavy (non-hydrogen) atoms. The lowest BCUT2D eigenvalue weighted by Gasteiger charge is -2.10. The third-order valence-electron chi connectivity index (χ3n) is 7.00. The van der Waals surface area contributed by atoms with Crippen LogP contribution in [0.1, 0.15) is 11.1 Å². The summed E-state index contributed by atoms with van der Waals surface area (Å²) in [4.78, 5) is 14.6. The molecule has 4 aromatic heterocycles. The lowest BCUT2D eigenvalue weighted by Crippen LogP contribution is -2.10. The minimum Gasteiger partial charge on any atom is -0.353 e. The van der Waals surface area contributed by atoms with E-state index in [1.54, 1.807) is 6.20 Å². The zero-order chi connectivity index (χ0) is 28.7. The number of halogens is 1. The number of aromatic nitrogens is 5. The van der Waals surface area contributed by atoms with E-state index in [1.807, 2.05) is 56.8 Å². The molecule has 0 saturated carbocycles. The molecular formula is C31H29FN6O2S. The van der Waals surface area contributed by atoms with Crippen molar-refractivity contribution in [2.45, 2.75) is 13.0 Å². The van der Waals surface area contributed by atoms with Gasteiger partial charge in [-0.2, -0.15) is 5.10 Å². The second-order valence-corrected chi connectivity index (χ2v) is 13.0. The van der Waals surface area contributed by atoms with Crippen LogP contribution in [0.3, 0.4) is 0 Å². The number of nitrogens with one attached hydrogen (secondary N) is 2. The topological polar surface area (TPSA) is 108 Å². The van der Waals surface area contributed by atoms with Gasteiger partial charge in [-0.1, -0.05) is 18.2 Å². The van der Waals surface area contributed by atoms with Crippen LogP contribution in [-0.4, -0.2) is 64.6 Å². The summed E-state index contributed by atoms with van der Waals surface area (Å²) in [5.74, 6) is -0.436. The molecule has 0 saturated heterocycles. The first-order valence-electron chi connectivity index (χ1n) is 13.2. The van der Waals surface area contributed by atoms with Crippen molar-refractivity contribution in [3.8, 4) is 33.6 Å². The van der Waals surface area contributed by atoms with E-state index < -0.39 is 15.7 Å². The third kappa shape index (κ3) is 5.75. The van der Waals surface area contributed by atoms with E-state index >= 15 is 0 Å². The first-order chi connectivity index (χ1) is 19.6. The Morgan fingerprint density at radius 1 is 0.902 bits per heavy atom. The zero-order valence-electron chi connectivity index (χ0n) is 22.9. The predicted molar refractivity (Wildman–Crippen MR) is 161 cm³/mol. The van der Waals surface area contributed by atoms with Crippen LogP contribution >= 0.6 is 0 Å². The molecule has 0 spiro atoms. The van der Waals surface area contributed by atoms with Gasteiger partial charge in [0.25, 0.3) is 0 Å². The lowest BCUT2D eigenvalue weighted by atomic mass is 9.98. The van der Waals surface area contributed by atoms with E-state index in [9.17, 15) is 12.8 Å². The highest BCUT2D eigenvalue weighted by atomic mass is 32.2. The normalized spacial score (nSPS) is 12.1. The Hall–Kier alpha value is -4.41. The summed E-state index contributed by atoms with van der Waals surface area (Å²) in [6.07, 6.45) is 6.94. The summed E-state index contributed by atoms with van der Waals surface area (Å²) in [5, 5.41) is 9.33. The minimum absolute atomic E-state index is 0.0344. The molecule has 208 valence electrons. The molecule has 0 aliphatic carbocycles. The molecule has 0 atom stereocenters. The van der Waals surface area contributed by atoms with Gasteiger partial charge in [0.15, 0.2) is 5.65 Å². The van der Waals surface area contributed by atoms with Gasteiger partial charge >= 0.3 is 0 Å². The van der Waals surface area contributed by atoms with E-state index in [2.05, 4.69) is 42.2 Å². The van der Waals surface area contributed by atoms with Crippen LogP contribution in [0.5, 0.6) is 0 Å². The van der Waals surface area contributed by atoms with Crippen LogP contribution in [-0.2, 0) is 22.8 Å². The van der Waals surface area contributed by atoms with Crippen molar-refractivity contribution in [3.63, 3.8) is 0 Å². The Balaban J connectivity index is 1.40. The Kier molecular flexibility index (Phi) is 6.88. The summed E-state index contributed by atoms with van der Waals surface area (Å²) in [6.45, 7) is 0.787. The van der Waals surface area contributed by atoms with Crippen LogP contribution in [0.25, 0.3) is 55.6 Å². The van der Waals surface area contributed by atoms with Crippen LogP contribution in [0.2, 0.25) is 0 Å². The van der Waals surface area contributed by atoms with Gasteiger partial charge in [-0.25, -0.2) is 17.8 Å². The third-order valence-corrected chi connectivity index (χ3v) is 7.95. The van der Waals surface area contributed by atoms with E-state index in [0.717, 1.165) is 56.5 Å². The molecule has 4 heterocycles. The number of nitrogens with zero attached hydrogens (tertiary/aromatic N) is 4. The van der Waals surface area contributed by atoms with Crippen LogP contribution < -0.4 is 0 Å². The SMILES string of the molecule is CN(C)Cc1cncc(-c2cnc3n[nH]c(-c4cc5c(-c6cc(F)cc(CCS(C)(=O)=O)c6)cccc5[nH]4)c3c2)c1. The van der Waals surface area contributed by atoms with Gasteiger partial charge in [0.2, 0.25) is 0 Å². The number of fused-ring (bicyclic) bond motifs is 2. The number of pyridine rings is 2. The smallest absolute Gasteiger partial charge is 0.181 e. The monoisotopic (exact) mass is 568 g/mol. The highest BCUT2D eigenvalue weighted by molar-refractivity contribution is 7.90. The zero-order valence-corrected chi connectivity index (χ0v) is 23.8. The first-order valence-corrected chi connectivity index (χ1v) is 15.2. The molecule has 0 unspecified atom stereocenters. The van der Waals surface area contributed by atoms with Gasteiger partial charge in [-0.15, -0.1) is 0 Å². The molecule has 0 amide bonds. The standard InChI is InChI=1S/C31H29FN6O2S/c1-38(2)18-20-10-22(16-33-15-20)23-13-27-30(36-37-31(27)34-17-23)29-14-26-25(5-4-6-28(26)35-29)21-9-19(11-24(32)12-21)7-8-41(3,39)40/h4-6,9-17,35H,7-8,18H2,1-3H3,(H,34,36,37). The highest BCUT2D eigenvalue weighted by Gasteiger charge is 2.16. The fourth-order valence-electron chi connectivity index (χ4n) is 5.16. The molecule has 2 N–H and O–H groups in total. The Bertz CT molecular complexity index is 2010. The number of hydrogen-bond donors (Lipinski definition) is 2. The molecule has 0 aliphatic rings. The van der Waals surface area contributed by atoms with E-state index in [1.165, 1.54) is 18.4 Å². The number of sulfone groups is 1. The summed E-state index contributed by atoms with van der Waals surface area (Å²) in [7, 11) is 0.885. The molecule has 8 nitrogen and oxygen atoms in total. The molecule has 10 heteroatoms. The summed E-state index contributed by atoms with van der Waals surface area (Å²) in [5.41, 5.74) is 8.29. The molecule has 0 radical (unpaired) electrons. The van der Waals surface area contributed by atoms with Gasteiger partial charge in [0.1, 0.15) is 15.7 Å². The van der Waals surface area contributed by atoms with Crippen molar-refractivity contribution in [2.24, 2.45) is 0 Å². The lowest BCUT2D eigenvalue weighted by molar-refractivity contribution is 0.402. The number of hydrogen-bond acceptors (Lipinski definition) is 6. The van der Waals surface area contributed by atoms with Crippen molar-refractivity contribution in [1.29, 1.82) is 0 Å². The van der Waals surface area contributed by atoms with Crippen LogP contribution in [0, 0.1) is 5.82 Å². The van der Waals surface area contributed by atoms with Crippen LogP contribution in [0.4, 0.5) is 4.39 Å². The molecule has 0 fully saturated rings. The van der Waals surface area contributed by atoms with Crippen LogP contribution in [0.15, 0.2) is 73.2 Å². The van der Waals surface area contributed by atoms with Gasteiger partial charge in [-0.3, -0.25) is 10.1 Å². The van der Waals surface area contributed by atoms with E-state index in [-0.39, 0.29) is 12.2 Å². The number of aryl methyl sites for hydroxylation is 1. The van der Waals surface area contributed by atoms with Crippen molar-refractivity contribution < 1.29 is 12.8 Å². The van der Waals surface area contributed by atoms with Crippen molar-refractivity contribution in [1.82, 2.24) is 30.0 Å². The summed E-state index contributed by atoms with van der Waals surface area (Å²) in [6, 6.07) is 16.7. The van der Waals surface area contributed by atoms with Crippen molar-refractivity contribution in [3.05, 3.63) is 90.1 Å². The summed E-state index contributed by atoms with van der Waals surface area (Å²) >= 11 is 0. The van der Waals surface area contributed by atoms with Gasteiger partial charge < -0.3 is 9.88 Å².